The molecule has 1 N–H and O–H groups in total. The normalized spacial score (nSPS) is 11.9. The Morgan fingerprint density at radius 3 is 2.51 bits per heavy atom. The molecule has 7 nitrogen and oxygen atoms in total. The van der Waals surface area contributed by atoms with E-state index in [9.17, 15) is 18.0 Å². The molecule has 5 rings (SSSR count). The number of hydrogen-bond acceptors (Lipinski definition) is 5. The number of carbonyl (C=O) groups excluding carboxylic acids is 1. The molecule has 0 spiro atoms. The van der Waals surface area contributed by atoms with Gasteiger partial charge in [0, 0.05) is 16.2 Å². The minimum Gasteiger partial charge on any atom is -0.302 e. The first-order valence-corrected chi connectivity index (χ1v) is 12.6. The number of benzene rings is 1. The van der Waals surface area contributed by atoms with Gasteiger partial charge in [-0.15, -0.1) is 11.3 Å². The molecule has 1 aromatic carbocycles. The van der Waals surface area contributed by atoms with E-state index in [0.717, 1.165) is 6.07 Å². The highest BCUT2D eigenvalue weighted by atomic mass is 35.5. The molecule has 0 unspecified atom stereocenters. The Labute approximate surface area is 230 Å². The summed E-state index contributed by atoms with van der Waals surface area (Å²) in [6.45, 7) is 0.213. The molecule has 0 saturated heterocycles. The van der Waals surface area contributed by atoms with Crippen molar-refractivity contribution in [3.8, 4) is 10.6 Å². The number of nitrogens with zero attached hydrogens (tertiary/aromatic N) is 5. The molecule has 0 fully saturated rings. The number of amides is 1. The molecule has 190 valence electrons. The second-order valence-electron chi connectivity index (χ2n) is 7.61. The van der Waals surface area contributed by atoms with Gasteiger partial charge in [0.2, 0.25) is 0 Å². The fourth-order valence-corrected chi connectivity index (χ4v) is 5.04. The Morgan fingerprint density at radius 1 is 1.05 bits per heavy atom. The second-order valence-corrected chi connectivity index (χ2v) is 10.2. The van der Waals surface area contributed by atoms with E-state index in [1.165, 1.54) is 22.2 Å². The maximum absolute atomic E-state index is 13.8. The van der Waals surface area contributed by atoms with Crippen molar-refractivity contribution in [3.63, 3.8) is 0 Å². The number of aromatic nitrogens is 5. The lowest BCUT2D eigenvalue weighted by Crippen LogP contribution is -2.16. The smallest absolute Gasteiger partial charge is 0.302 e. The number of fused-ring (bicyclic) bond motifs is 1. The van der Waals surface area contributed by atoms with E-state index in [2.05, 4.69) is 20.5 Å². The molecule has 0 radical (unpaired) electrons. The average Bonchev–Trinajstić information content (AvgIpc) is 3.55. The summed E-state index contributed by atoms with van der Waals surface area (Å²) in [6.07, 6.45) is -3.34. The molecular formula is C22H11Cl4F3N6OS. The van der Waals surface area contributed by atoms with Gasteiger partial charge in [-0.1, -0.05) is 58.5 Å². The Morgan fingerprint density at radius 2 is 1.84 bits per heavy atom. The van der Waals surface area contributed by atoms with E-state index < -0.39 is 23.5 Å². The fraction of sp³-hybridized carbons (Fsp3) is 0.0909. The zero-order valence-electron chi connectivity index (χ0n) is 18.0. The Hall–Kier alpha value is -2.83. The van der Waals surface area contributed by atoms with E-state index in [1.807, 2.05) is 0 Å². The van der Waals surface area contributed by atoms with Crippen molar-refractivity contribution < 1.29 is 18.0 Å². The SMILES string of the molecule is O=C(Nc1nn(Cc2ccc(Cl)cc2Cl)cc1Cl)c1nn2c(C(F)(F)F)cc(-c3cccs3)nc2c1Cl. The number of anilines is 1. The maximum atomic E-state index is 13.8. The van der Waals surface area contributed by atoms with Gasteiger partial charge in [0.1, 0.15) is 10.0 Å². The molecule has 0 saturated carbocycles. The van der Waals surface area contributed by atoms with Gasteiger partial charge in [0.05, 0.1) is 17.1 Å². The van der Waals surface area contributed by atoms with Crippen LogP contribution in [0.25, 0.3) is 16.2 Å². The predicted molar refractivity (Wildman–Crippen MR) is 137 cm³/mol. The third kappa shape index (κ3) is 5.14. The van der Waals surface area contributed by atoms with Crippen molar-refractivity contribution in [2.45, 2.75) is 12.7 Å². The molecule has 0 atom stereocenters. The van der Waals surface area contributed by atoms with Gasteiger partial charge >= 0.3 is 6.18 Å². The fourth-order valence-electron chi connectivity index (χ4n) is 3.44. The number of rotatable bonds is 5. The summed E-state index contributed by atoms with van der Waals surface area (Å²) in [7, 11) is 0. The third-order valence-electron chi connectivity index (χ3n) is 5.11. The van der Waals surface area contributed by atoms with E-state index >= 15 is 0 Å². The quantitative estimate of drug-likeness (QED) is 0.224. The highest BCUT2D eigenvalue weighted by molar-refractivity contribution is 7.13. The van der Waals surface area contributed by atoms with Gasteiger partial charge in [-0.2, -0.15) is 23.4 Å². The second kappa shape index (κ2) is 9.80. The molecule has 0 bridgehead atoms. The first kappa shape index (κ1) is 25.8. The molecule has 1 amide bonds. The van der Waals surface area contributed by atoms with E-state index in [4.69, 9.17) is 46.4 Å². The first-order chi connectivity index (χ1) is 17.5. The highest BCUT2D eigenvalue weighted by Gasteiger charge is 2.37. The highest BCUT2D eigenvalue weighted by Crippen LogP contribution is 2.36. The molecule has 0 aliphatic heterocycles. The summed E-state index contributed by atoms with van der Waals surface area (Å²) in [4.78, 5) is 17.7. The molecule has 37 heavy (non-hydrogen) atoms. The Balaban J connectivity index is 1.48. The standard InChI is InChI=1S/C22H11Cl4F3N6OS/c23-11-4-3-10(12(24)6-11)8-34-9-13(25)19(33-34)31-21(36)18-17(26)20-30-14(15-2-1-5-37-15)7-16(22(27,28)29)35(20)32-18/h1-7,9H,8H2,(H,31,33,36). The van der Waals surface area contributed by atoms with Crippen LogP contribution in [0.4, 0.5) is 19.0 Å². The monoisotopic (exact) mass is 604 g/mol. The number of hydrogen-bond donors (Lipinski definition) is 1. The number of carbonyl (C=O) groups is 1. The topological polar surface area (TPSA) is 77.1 Å². The lowest BCUT2D eigenvalue weighted by molar-refractivity contribution is -0.142. The molecule has 15 heteroatoms. The van der Waals surface area contributed by atoms with Gasteiger partial charge in [-0.3, -0.25) is 9.48 Å². The largest absolute Gasteiger partial charge is 0.433 e. The molecular weight excluding hydrogens is 595 g/mol. The van der Waals surface area contributed by atoms with Crippen molar-refractivity contribution in [3.05, 3.63) is 85.0 Å². The van der Waals surface area contributed by atoms with Crippen molar-refractivity contribution in [2.75, 3.05) is 5.32 Å². The molecule has 5 aromatic rings. The lowest BCUT2D eigenvalue weighted by atomic mass is 10.2. The molecule has 4 heterocycles. The van der Waals surface area contributed by atoms with Crippen LogP contribution in [0.5, 0.6) is 0 Å². The molecule has 4 aromatic heterocycles. The summed E-state index contributed by atoms with van der Waals surface area (Å²) < 4.78 is 43.4. The number of thiophene rings is 1. The van der Waals surface area contributed by atoms with E-state index in [0.29, 0.717) is 25.0 Å². The minimum atomic E-state index is -4.79. The van der Waals surface area contributed by atoms with Gasteiger partial charge in [0.25, 0.3) is 5.91 Å². The summed E-state index contributed by atoms with van der Waals surface area (Å²) in [5.41, 5.74) is -1.19. The van der Waals surface area contributed by atoms with Crippen LogP contribution < -0.4 is 5.32 Å². The first-order valence-electron chi connectivity index (χ1n) is 10.2. The van der Waals surface area contributed by atoms with Crippen molar-refractivity contribution in [2.24, 2.45) is 0 Å². The zero-order valence-corrected chi connectivity index (χ0v) is 21.9. The van der Waals surface area contributed by atoms with Crippen LogP contribution in [0.3, 0.4) is 0 Å². The van der Waals surface area contributed by atoms with E-state index in [1.54, 1.807) is 35.7 Å². The maximum Gasteiger partial charge on any atom is 0.433 e. The molecule has 0 aliphatic carbocycles. The number of alkyl halides is 3. The van der Waals surface area contributed by atoms with Crippen LogP contribution >= 0.6 is 57.7 Å². The van der Waals surface area contributed by atoms with Crippen molar-refractivity contribution >= 4 is 75.1 Å². The average molecular weight is 606 g/mol. The van der Waals surface area contributed by atoms with Crippen molar-refractivity contribution in [1.29, 1.82) is 0 Å². The third-order valence-corrected chi connectivity index (χ3v) is 7.21. The number of halogens is 7. The Bertz CT molecular complexity index is 1650. The van der Waals surface area contributed by atoms with Crippen LogP contribution in [0.1, 0.15) is 21.7 Å². The predicted octanol–water partition coefficient (Wildman–Crippen LogP) is 7.59. The van der Waals surface area contributed by atoms with Crippen LogP contribution in [-0.2, 0) is 12.7 Å². The minimum absolute atomic E-state index is 0.0474. The van der Waals surface area contributed by atoms with Gasteiger partial charge in [0.15, 0.2) is 22.9 Å². The summed E-state index contributed by atoms with van der Waals surface area (Å²) >= 11 is 25.8. The van der Waals surface area contributed by atoms with Gasteiger partial charge in [-0.05, 0) is 35.2 Å². The summed E-state index contributed by atoms with van der Waals surface area (Å²) in [5.74, 6) is -0.967. The van der Waals surface area contributed by atoms with E-state index in [-0.39, 0.29) is 33.7 Å². The Kier molecular flexibility index (Phi) is 6.84. The summed E-state index contributed by atoms with van der Waals surface area (Å²) in [6, 6.07) is 9.10. The lowest BCUT2D eigenvalue weighted by Gasteiger charge is -2.10. The number of nitrogens with one attached hydrogen (secondary N) is 1. The van der Waals surface area contributed by atoms with Crippen LogP contribution in [0.2, 0.25) is 20.1 Å². The van der Waals surface area contributed by atoms with Crippen LogP contribution in [-0.4, -0.2) is 30.3 Å². The van der Waals surface area contributed by atoms with Gasteiger partial charge < -0.3 is 5.32 Å². The summed E-state index contributed by atoms with van der Waals surface area (Å²) in [5, 5.41) is 12.8. The zero-order chi connectivity index (χ0) is 26.5. The van der Waals surface area contributed by atoms with Gasteiger partial charge in [-0.25, -0.2) is 9.50 Å². The van der Waals surface area contributed by atoms with Crippen LogP contribution in [0, 0.1) is 0 Å². The molecule has 0 aliphatic rings. The van der Waals surface area contributed by atoms with Crippen molar-refractivity contribution in [1.82, 2.24) is 24.4 Å². The van der Waals surface area contributed by atoms with Crippen LogP contribution in [0.15, 0.2) is 48.0 Å².